The second kappa shape index (κ2) is 3.90. The number of piperidine rings is 1. The van der Waals surface area contributed by atoms with Gasteiger partial charge in [0.25, 0.3) is 0 Å². The lowest BCUT2D eigenvalue weighted by atomic mass is 9.91. The van der Waals surface area contributed by atoms with E-state index in [0.717, 1.165) is 18.0 Å². The minimum absolute atomic E-state index is 0.477. The summed E-state index contributed by atoms with van der Waals surface area (Å²) in [5, 5.41) is 8.74. The maximum absolute atomic E-state index is 8.74. The summed E-state index contributed by atoms with van der Waals surface area (Å²) in [7, 11) is 0. The summed E-state index contributed by atoms with van der Waals surface area (Å²) < 4.78 is 0. The van der Waals surface area contributed by atoms with Gasteiger partial charge in [0.15, 0.2) is 0 Å². The van der Waals surface area contributed by atoms with Crippen LogP contribution in [0.1, 0.15) is 46.0 Å². The highest BCUT2D eigenvalue weighted by molar-refractivity contribution is 4.97. The Morgan fingerprint density at radius 1 is 1.36 bits per heavy atom. The molecule has 2 bridgehead atoms. The van der Waals surface area contributed by atoms with Gasteiger partial charge < -0.3 is 0 Å². The maximum atomic E-state index is 8.74. The highest BCUT2D eigenvalue weighted by Crippen LogP contribution is 2.39. The van der Waals surface area contributed by atoms with Gasteiger partial charge in [-0.05, 0) is 38.5 Å². The molecule has 0 saturated carbocycles. The van der Waals surface area contributed by atoms with Crippen LogP contribution in [0.4, 0.5) is 0 Å². The predicted molar refractivity (Wildman–Crippen MR) is 56.7 cm³/mol. The number of hydrogen-bond donors (Lipinski definition) is 0. The third kappa shape index (κ3) is 1.66. The van der Waals surface area contributed by atoms with Crippen LogP contribution >= 0.6 is 0 Å². The van der Waals surface area contributed by atoms with Gasteiger partial charge in [0.2, 0.25) is 0 Å². The van der Waals surface area contributed by atoms with Crippen molar-refractivity contribution in [3.8, 4) is 6.07 Å². The van der Waals surface area contributed by atoms with Gasteiger partial charge in [-0.15, -0.1) is 0 Å². The van der Waals surface area contributed by atoms with E-state index in [1.54, 1.807) is 0 Å². The molecule has 2 heteroatoms. The smallest absolute Gasteiger partial charge is 0.0638 e. The van der Waals surface area contributed by atoms with Crippen molar-refractivity contribution in [2.75, 3.05) is 0 Å². The molecule has 0 aromatic carbocycles. The zero-order valence-electron chi connectivity index (χ0n) is 9.24. The van der Waals surface area contributed by atoms with Crippen LogP contribution in [-0.2, 0) is 0 Å². The summed E-state index contributed by atoms with van der Waals surface area (Å²) in [5.41, 5.74) is 0. The van der Waals surface area contributed by atoms with Gasteiger partial charge >= 0.3 is 0 Å². The summed E-state index contributed by atoms with van der Waals surface area (Å²) in [5.74, 6) is 0.901. The standard InChI is InChI=1S/C12H20N2/c1-9-7-11-3-4-12(8-9)14(11)10(2)5-6-13/h9-12H,3-5,7-8H2,1-2H3. The zero-order chi connectivity index (χ0) is 10.1. The first-order valence-electron chi connectivity index (χ1n) is 5.86. The molecule has 0 spiro atoms. The van der Waals surface area contributed by atoms with E-state index in [1.165, 1.54) is 25.7 Å². The minimum Gasteiger partial charge on any atom is -0.294 e. The molecule has 2 heterocycles. The van der Waals surface area contributed by atoms with Crippen LogP contribution < -0.4 is 0 Å². The Labute approximate surface area is 86.9 Å². The maximum Gasteiger partial charge on any atom is 0.0638 e. The molecule has 2 rings (SSSR count). The van der Waals surface area contributed by atoms with E-state index in [4.69, 9.17) is 5.26 Å². The number of nitrogens with zero attached hydrogens (tertiary/aromatic N) is 2. The summed E-state index contributed by atoms with van der Waals surface area (Å²) >= 11 is 0. The molecule has 0 radical (unpaired) electrons. The van der Waals surface area contributed by atoms with Gasteiger partial charge in [0.05, 0.1) is 12.5 Å². The van der Waals surface area contributed by atoms with Crippen molar-refractivity contribution in [3.05, 3.63) is 0 Å². The van der Waals surface area contributed by atoms with Gasteiger partial charge in [0.1, 0.15) is 0 Å². The van der Waals surface area contributed by atoms with Crippen LogP contribution in [0.2, 0.25) is 0 Å². The normalized spacial score (nSPS) is 39.4. The Kier molecular flexibility index (Phi) is 2.78. The molecule has 2 fully saturated rings. The summed E-state index contributed by atoms with van der Waals surface area (Å²) in [6.07, 6.45) is 6.13. The Hall–Kier alpha value is -0.550. The molecule has 0 amide bonds. The predicted octanol–water partition coefficient (Wildman–Crippen LogP) is 2.55. The van der Waals surface area contributed by atoms with Gasteiger partial charge in [-0.3, -0.25) is 4.90 Å². The second-order valence-electron chi connectivity index (χ2n) is 5.12. The van der Waals surface area contributed by atoms with E-state index in [-0.39, 0.29) is 0 Å². The molecule has 0 aliphatic carbocycles. The Morgan fingerprint density at radius 3 is 2.43 bits per heavy atom. The lowest BCUT2D eigenvalue weighted by Crippen LogP contribution is -2.47. The third-order valence-electron chi connectivity index (χ3n) is 3.92. The van der Waals surface area contributed by atoms with Crippen LogP contribution in [0, 0.1) is 17.2 Å². The van der Waals surface area contributed by atoms with E-state index >= 15 is 0 Å². The van der Waals surface area contributed by atoms with E-state index < -0.39 is 0 Å². The van der Waals surface area contributed by atoms with Crippen LogP contribution in [0.3, 0.4) is 0 Å². The second-order valence-corrected chi connectivity index (χ2v) is 5.12. The largest absolute Gasteiger partial charge is 0.294 e. The van der Waals surface area contributed by atoms with E-state index in [1.807, 2.05) is 0 Å². The first-order chi connectivity index (χ1) is 6.72. The fourth-order valence-electron chi connectivity index (χ4n) is 3.44. The fraction of sp³-hybridized carbons (Fsp3) is 0.917. The first kappa shape index (κ1) is 9.98. The van der Waals surface area contributed by atoms with Gasteiger partial charge in [0, 0.05) is 18.1 Å². The van der Waals surface area contributed by atoms with Gasteiger partial charge in [-0.1, -0.05) is 6.92 Å². The molecule has 3 atom stereocenters. The average Bonchev–Trinajstić information content (AvgIpc) is 2.39. The number of hydrogen-bond acceptors (Lipinski definition) is 2. The Morgan fingerprint density at radius 2 is 1.93 bits per heavy atom. The van der Waals surface area contributed by atoms with Gasteiger partial charge in [-0.25, -0.2) is 0 Å². The van der Waals surface area contributed by atoms with Gasteiger partial charge in [-0.2, -0.15) is 5.26 Å². The Bertz CT molecular complexity index is 229. The van der Waals surface area contributed by atoms with Crippen molar-refractivity contribution in [1.29, 1.82) is 5.26 Å². The average molecular weight is 192 g/mol. The molecule has 14 heavy (non-hydrogen) atoms. The first-order valence-corrected chi connectivity index (χ1v) is 5.86. The quantitative estimate of drug-likeness (QED) is 0.672. The van der Waals surface area contributed by atoms with Crippen molar-refractivity contribution in [3.63, 3.8) is 0 Å². The molecular weight excluding hydrogens is 172 g/mol. The molecule has 0 aromatic heterocycles. The summed E-state index contributed by atoms with van der Waals surface area (Å²) in [4.78, 5) is 2.63. The lowest BCUT2D eigenvalue weighted by molar-refractivity contribution is 0.0729. The van der Waals surface area contributed by atoms with E-state index in [9.17, 15) is 0 Å². The van der Waals surface area contributed by atoms with E-state index in [2.05, 4.69) is 24.8 Å². The lowest BCUT2D eigenvalue weighted by Gasteiger charge is -2.41. The summed E-state index contributed by atoms with van der Waals surface area (Å²) in [6.45, 7) is 4.59. The van der Waals surface area contributed by atoms with Crippen molar-refractivity contribution in [2.45, 2.75) is 64.1 Å². The van der Waals surface area contributed by atoms with Crippen molar-refractivity contribution < 1.29 is 0 Å². The summed E-state index contributed by atoms with van der Waals surface area (Å²) in [6, 6.07) is 4.35. The van der Waals surface area contributed by atoms with Crippen LogP contribution in [-0.4, -0.2) is 23.0 Å². The minimum atomic E-state index is 0.477. The number of fused-ring (bicyclic) bond motifs is 2. The zero-order valence-corrected chi connectivity index (χ0v) is 9.24. The van der Waals surface area contributed by atoms with Crippen LogP contribution in [0.15, 0.2) is 0 Å². The highest BCUT2D eigenvalue weighted by atomic mass is 15.2. The highest BCUT2D eigenvalue weighted by Gasteiger charge is 2.41. The molecule has 2 nitrogen and oxygen atoms in total. The SMILES string of the molecule is CC1CC2CCC(C1)N2C(C)CC#N. The fourth-order valence-corrected chi connectivity index (χ4v) is 3.44. The molecule has 2 aliphatic heterocycles. The van der Waals surface area contributed by atoms with Crippen molar-refractivity contribution >= 4 is 0 Å². The van der Waals surface area contributed by atoms with Crippen LogP contribution in [0.25, 0.3) is 0 Å². The van der Waals surface area contributed by atoms with Crippen molar-refractivity contribution in [2.24, 2.45) is 5.92 Å². The third-order valence-corrected chi connectivity index (χ3v) is 3.92. The molecule has 78 valence electrons. The number of nitriles is 1. The number of rotatable bonds is 2. The molecule has 3 unspecified atom stereocenters. The molecular formula is C12H20N2. The monoisotopic (exact) mass is 192 g/mol. The van der Waals surface area contributed by atoms with E-state index in [0.29, 0.717) is 12.5 Å². The molecule has 0 aromatic rings. The molecule has 2 saturated heterocycles. The topological polar surface area (TPSA) is 27.0 Å². The Balaban J connectivity index is 2.04. The molecule has 2 aliphatic rings. The van der Waals surface area contributed by atoms with Crippen molar-refractivity contribution in [1.82, 2.24) is 4.90 Å². The molecule has 0 N–H and O–H groups in total. The van der Waals surface area contributed by atoms with Crippen LogP contribution in [0.5, 0.6) is 0 Å².